The minimum absolute atomic E-state index is 0. The van der Waals surface area contributed by atoms with Crippen LogP contribution in [0.3, 0.4) is 0 Å². The lowest BCUT2D eigenvalue weighted by Gasteiger charge is -2.23. The lowest BCUT2D eigenvalue weighted by molar-refractivity contribution is -0.670. The maximum Gasteiger partial charge on any atom is 0.285 e. The second-order valence-corrected chi connectivity index (χ2v) is 8.38. The van der Waals surface area contributed by atoms with Gasteiger partial charge in [0, 0.05) is 36.2 Å². The summed E-state index contributed by atoms with van der Waals surface area (Å²) in [6.07, 6.45) is 5.45. The van der Waals surface area contributed by atoms with Crippen LogP contribution in [-0.4, -0.2) is 17.7 Å². The molecule has 2 aromatic carbocycles. The number of anilines is 2. The third-order valence-corrected chi connectivity index (χ3v) is 6.61. The van der Waals surface area contributed by atoms with Gasteiger partial charge in [-0.2, -0.15) is 0 Å². The fourth-order valence-electron chi connectivity index (χ4n) is 5.06. The van der Waals surface area contributed by atoms with Gasteiger partial charge in [-0.1, -0.05) is 11.6 Å². The Bertz CT molecular complexity index is 1250. The standard InChI is InChI=1S/C25H27ClFN4.HI/c1-4-28-20-10-8-18(26)15-22(20)29(5-2)24(28)12-7-17-13-14-31-21-11-9-19(27)16-23(21)30(6-3)25(17)31;/h7-12,15-16H,4-6,13-14H2,1-3H3;1H/q+1;/p-1. The molecule has 32 heavy (non-hydrogen) atoms. The van der Waals surface area contributed by atoms with E-state index >= 15 is 0 Å². The zero-order valence-corrected chi connectivity index (χ0v) is 21.5. The highest BCUT2D eigenvalue weighted by Gasteiger charge is 2.33. The van der Waals surface area contributed by atoms with Crippen LogP contribution in [0.4, 0.5) is 15.8 Å². The highest BCUT2D eigenvalue weighted by Crippen LogP contribution is 2.43. The van der Waals surface area contributed by atoms with E-state index in [-0.39, 0.29) is 29.8 Å². The molecule has 2 aliphatic heterocycles. The van der Waals surface area contributed by atoms with Gasteiger partial charge in [-0.05, 0) is 63.3 Å². The normalized spacial score (nSPS) is 17.4. The van der Waals surface area contributed by atoms with Crippen molar-refractivity contribution in [1.29, 1.82) is 0 Å². The molecule has 0 fully saturated rings. The number of hydrogen-bond acceptors (Lipinski definition) is 2. The molecule has 0 spiro atoms. The Morgan fingerprint density at radius 2 is 1.75 bits per heavy atom. The van der Waals surface area contributed by atoms with Crippen molar-refractivity contribution in [2.24, 2.45) is 0 Å². The number of allylic oxidation sites excluding steroid dienone is 3. The molecule has 5 rings (SSSR count). The summed E-state index contributed by atoms with van der Waals surface area (Å²) < 4.78 is 18.5. The van der Waals surface area contributed by atoms with Crippen LogP contribution >= 0.6 is 11.6 Å². The highest BCUT2D eigenvalue weighted by atomic mass is 127. The van der Waals surface area contributed by atoms with Gasteiger partial charge in [-0.3, -0.25) is 0 Å². The van der Waals surface area contributed by atoms with Crippen molar-refractivity contribution in [2.45, 2.75) is 40.3 Å². The number of rotatable bonds is 4. The van der Waals surface area contributed by atoms with E-state index in [1.165, 1.54) is 22.9 Å². The molecule has 0 aliphatic carbocycles. The molecule has 0 radical (unpaired) electrons. The number of hydrogen-bond donors (Lipinski definition) is 0. The second-order valence-electron chi connectivity index (χ2n) is 7.94. The molecule has 0 N–H and O–H groups in total. The summed E-state index contributed by atoms with van der Waals surface area (Å²) in [7, 11) is 0. The molecule has 3 aromatic rings. The monoisotopic (exact) mass is 564 g/mol. The number of benzene rings is 2. The van der Waals surface area contributed by atoms with Gasteiger partial charge in [-0.15, -0.1) is 0 Å². The van der Waals surface area contributed by atoms with E-state index in [2.05, 4.69) is 57.9 Å². The predicted octanol–water partition coefficient (Wildman–Crippen LogP) is 2.74. The number of fused-ring (bicyclic) bond motifs is 4. The summed E-state index contributed by atoms with van der Waals surface area (Å²) in [4.78, 5) is 4.65. The SMILES string of the molecule is CCN1C(=CC=C2CCn3c2[n+](CC)c2cc(F)ccc23)N(CC)c2cc(Cl)ccc21.[I-]. The smallest absolute Gasteiger partial charge is 0.285 e. The van der Waals surface area contributed by atoms with Crippen molar-refractivity contribution in [1.82, 2.24) is 4.57 Å². The molecule has 0 saturated heterocycles. The zero-order chi connectivity index (χ0) is 21.7. The fourth-order valence-corrected chi connectivity index (χ4v) is 5.23. The minimum Gasteiger partial charge on any atom is -1.00 e. The van der Waals surface area contributed by atoms with Crippen molar-refractivity contribution < 1.29 is 32.9 Å². The van der Waals surface area contributed by atoms with E-state index in [0.29, 0.717) is 0 Å². The Balaban J connectivity index is 0.00000245. The molecule has 1 aromatic heterocycles. The maximum atomic E-state index is 13.9. The number of aromatic nitrogens is 2. The van der Waals surface area contributed by atoms with E-state index < -0.39 is 0 Å². The van der Waals surface area contributed by atoms with Gasteiger partial charge in [0.1, 0.15) is 11.6 Å². The van der Waals surface area contributed by atoms with Crippen molar-refractivity contribution in [3.63, 3.8) is 0 Å². The molecule has 168 valence electrons. The molecule has 0 bridgehead atoms. The molecule has 3 heterocycles. The van der Waals surface area contributed by atoms with Crippen LogP contribution in [0.1, 0.15) is 33.0 Å². The lowest BCUT2D eigenvalue weighted by Crippen LogP contribution is -3.00. The molecule has 0 amide bonds. The van der Waals surface area contributed by atoms with Crippen LogP contribution in [0.2, 0.25) is 5.02 Å². The molecular weight excluding hydrogens is 538 g/mol. The maximum absolute atomic E-state index is 13.9. The van der Waals surface area contributed by atoms with Crippen LogP contribution in [0.25, 0.3) is 16.6 Å². The molecular formula is C25H27ClFIN4. The van der Waals surface area contributed by atoms with E-state index in [1.807, 2.05) is 18.2 Å². The Hall–Kier alpha value is -2.06. The van der Waals surface area contributed by atoms with Crippen molar-refractivity contribution in [3.8, 4) is 0 Å². The van der Waals surface area contributed by atoms with Crippen molar-refractivity contribution >= 4 is 39.6 Å². The third-order valence-electron chi connectivity index (χ3n) is 6.38. The fraction of sp³-hybridized carbons (Fsp3) is 0.320. The van der Waals surface area contributed by atoms with Crippen LogP contribution in [0.5, 0.6) is 0 Å². The summed E-state index contributed by atoms with van der Waals surface area (Å²) in [6.45, 7) is 9.94. The van der Waals surface area contributed by atoms with Crippen LogP contribution in [0.15, 0.2) is 54.4 Å². The molecule has 4 nitrogen and oxygen atoms in total. The zero-order valence-electron chi connectivity index (χ0n) is 18.6. The van der Waals surface area contributed by atoms with Gasteiger partial charge < -0.3 is 33.8 Å². The van der Waals surface area contributed by atoms with Crippen LogP contribution < -0.4 is 38.3 Å². The first-order valence-corrected chi connectivity index (χ1v) is 11.4. The summed E-state index contributed by atoms with van der Waals surface area (Å²) in [5.41, 5.74) is 5.69. The topological polar surface area (TPSA) is 15.3 Å². The molecule has 0 unspecified atom stereocenters. The Kier molecular flexibility index (Phi) is 6.54. The Morgan fingerprint density at radius 1 is 1.00 bits per heavy atom. The summed E-state index contributed by atoms with van der Waals surface area (Å²) in [5, 5.41) is 0.754. The number of halogens is 3. The van der Waals surface area contributed by atoms with Gasteiger partial charge in [-0.25, -0.2) is 13.5 Å². The number of nitrogens with zero attached hydrogens (tertiary/aromatic N) is 4. The molecule has 0 saturated carbocycles. The average molecular weight is 565 g/mol. The van der Waals surface area contributed by atoms with Gasteiger partial charge in [0.2, 0.25) is 0 Å². The molecule has 0 atom stereocenters. The van der Waals surface area contributed by atoms with Gasteiger partial charge in [0.25, 0.3) is 5.82 Å². The quantitative estimate of drug-likeness (QED) is 0.358. The van der Waals surface area contributed by atoms with Crippen LogP contribution in [0, 0.1) is 5.82 Å². The first-order valence-electron chi connectivity index (χ1n) is 11.0. The Labute approximate surface area is 210 Å². The van der Waals surface area contributed by atoms with Crippen LogP contribution in [-0.2, 0) is 13.1 Å². The number of aryl methyl sites for hydroxylation is 2. The summed E-state index contributed by atoms with van der Waals surface area (Å²) in [6, 6.07) is 11.2. The van der Waals surface area contributed by atoms with Gasteiger partial charge in [0.05, 0.1) is 24.5 Å². The number of imidazole rings is 1. The van der Waals surface area contributed by atoms with Crippen molar-refractivity contribution in [3.05, 3.63) is 71.0 Å². The summed E-state index contributed by atoms with van der Waals surface area (Å²) in [5.74, 6) is 2.16. The minimum atomic E-state index is -0.189. The third kappa shape index (κ3) is 3.52. The molecule has 2 aliphatic rings. The molecule has 7 heteroatoms. The second kappa shape index (κ2) is 9.06. The predicted molar refractivity (Wildman–Crippen MR) is 126 cm³/mol. The first kappa shape index (κ1) is 23.1. The van der Waals surface area contributed by atoms with E-state index in [0.717, 1.165) is 54.3 Å². The van der Waals surface area contributed by atoms with Crippen molar-refractivity contribution in [2.75, 3.05) is 22.9 Å². The largest absolute Gasteiger partial charge is 1.00 e. The van der Waals surface area contributed by atoms with Gasteiger partial charge >= 0.3 is 0 Å². The van der Waals surface area contributed by atoms with E-state index in [4.69, 9.17) is 11.6 Å². The van der Waals surface area contributed by atoms with E-state index in [9.17, 15) is 4.39 Å². The van der Waals surface area contributed by atoms with Gasteiger partial charge in [0.15, 0.2) is 11.0 Å². The Morgan fingerprint density at radius 3 is 2.47 bits per heavy atom. The summed E-state index contributed by atoms with van der Waals surface area (Å²) >= 11 is 6.30. The average Bonchev–Trinajstić information content (AvgIpc) is 3.40. The first-order chi connectivity index (χ1) is 15.1. The highest BCUT2D eigenvalue weighted by molar-refractivity contribution is 6.31. The van der Waals surface area contributed by atoms with E-state index in [1.54, 1.807) is 12.1 Å². The lowest BCUT2D eigenvalue weighted by atomic mass is 10.2.